The van der Waals surface area contributed by atoms with Crippen molar-refractivity contribution in [3.05, 3.63) is 70.8 Å². The van der Waals surface area contributed by atoms with E-state index < -0.39 is 17.7 Å². The summed E-state index contributed by atoms with van der Waals surface area (Å²) >= 11 is 0. The van der Waals surface area contributed by atoms with Crippen LogP contribution in [0.4, 0.5) is 8.78 Å². The predicted molar refractivity (Wildman–Crippen MR) is 73.5 cm³/mol. The lowest BCUT2D eigenvalue weighted by atomic mass is 9.79. The fourth-order valence-electron chi connectivity index (χ4n) is 2.63. The molecule has 0 radical (unpaired) electrons. The highest BCUT2D eigenvalue weighted by Gasteiger charge is 2.21. The topological polar surface area (TPSA) is 20.2 Å². The van der Waals surface area contributed by atoms with Gasteiger partial charge in [-0.1, -0.05) is 36.8 Å². The highest BCUT2D eigenvalue weighted by molar-refractivity contribution is 5.35. The molecule has 1 saturated carbocycles. The van der Waals surface area contributed by atoms with Gasteiger partial charge < -0.3 is 5.11 Å². The fraction of sp³-hybridized carbons (Fsp3) is 0.294. The van der Waals surface area contributed by atoms with Crippen LogP contribution in [-0.4, -0.2) is 5.11 Å². The van der Waals surface area contributed by atoms with E-state index >= 15 is 0 Å². The maximum Gasteiger partial charge on any atom is 0.132 e. The second kappa shape index (κ2) is 5.33. The van der Waals surface area contributed by atoms with E-state index in [9.17, 15) is 13.9 Å². The molecule has 1 aliphatic rings. The molecule has 3 rings (SSSR count). The van der Waals surface area contributed by atoms with Crippen molar-refractivity contribution in [2.24, 2.45) is 0 Å². The molecule has 1 fully saturated rings. The molecule has 1 nitrogen and oxygen atoms in total. The summed E-state index contributed by atoms with van der Waals surface area (Å²) in [5.74, 6) is -0.798. The van der Waals surface area contributed by atoms with Gasteiger partial charge in [-0.25, -0.2) is 8.78 Å². The fourth-order valence-corrected chi connectivity index (χ4v) is 2.63. The summed E-state index contributed by atoms with van der Waals surface area (Å²) < 4.78 is 26.6. The Morgan fingerprint density at radius 2 is 1.85 bits per heavy atom. The Hall–Kier alpha value is -1.74. The number of aliphatic hydroxyl groups excluding tert-OH is 1. The normalized spacial score (nSPS) is 16.8. The standard InChI is InChI=1S/C17H16F2O/c18-14-7-8-15(16(19)10-14)17(20)13-6-2-5-12(9-13)11-3-1-4-11/h2,5-11,17,20H,1,3-4H2. The molecule has 0 saturated heterocycles. The van der Waals surface area contributed by atoms with Crippen LogP contribution in [0.2, 0.25) is 0 Å². The monoisotopic (exact) mass is 274 g/mol. The molecular weight excluding hydrogens is 258 g/mol. The summed E-state index contributed by atoms with van der Waals surface area (Å²) in [6.45, 7) is 0. The summed E-state index contributed by atoms with van der Waals surface area (Å²) in [6.07, 6.45) is 2.52. The molecule has 0 aliphatic heterocycles. The second-order valence-corrected chi connectivity index (χ2v) is 5.37. The van der Waals surface area contributed by atoms with Crippen LogP contribution in [-0.2, 0) is 0 Å². The Balaban J connectivity index is 1.91. The highest BCUT2D eigenvalue weighted by Crippen LogP contribution is 2.37. The summed E-state index contributed by atoms with van der Waals surface area (Å²) in [6, 6.07) is 10.9. The third kappa shape index (κ3) is 2.46. The Bertz CT molecular complexity index is 620. The van der Waals surface area contributed by atoms with Crippen molar-refractivity contribution in [3.8, 4) is 0 Å². The van der Waals surface area contributed by atoms with Crippen LogP contribution >= 0.6 is 0 Å². The molecule has 2 aromatic carbocycles. The van der Waals surface area contributed by atoms with E-state index in [1.807, 2.05) is 18.2 Å². The lowest BCUT2D eigenvalue weighted by molar-refractivity contribution is 0.214. The molecule has 3 heteroatoms. The van der Waals surface area contributed by atoms with Crippen LogP contribution in [0.15, 0.2) is 42.5 Å². The molecule has 2 aromatic rings. The van der Waals surface area contributed by atoms with E-state index in [1.54, 1.807) is 6.07 Å². The van der Waals surface area contributed by atoms with E-state index in [-0.39, 0.29) is 5.56 Å². The minimum atomic E-state index is -1.06. The predicted octanol–water partition coefficient (Wildman–Crippen LogP) is 4.31. The van der Waals surface area contributed by atoms with E-state index in [0.29, 0.717) is 11.5 Å². The first-order valence-corrected chi connectivity index (χ1v) is 6.88. The van der Waals surface area contributed by atoms with E-state index in [1.165, 1.54) is 30.9 Å². The van der Waals surface area contributed by atoms with Crippen molar-refractivity contribution in [1.29, 1.82) is 0 Å². The molecule has 0 spiro atoms. The largest absolute Gasteiger partial charge is 0.384 e. The number of hydrogen-bond acceptors (Lipinski definition) is 1. The van der Waals surface area contributed by atoms with E-state index in [2.05, 4.69) is 0 Å². The van der Waals surface area contributed by atoms with Crippen LogP contribution < -0.4 is 0 Å². The van der Waals surface area contributed by atoms with Crippen molar-refractivity contribution in [3.63, 3.8) is 0 Å². The van der Waals surface area contributed by atoms with Crippen LogP contribution in [0.25, 0.3) is 0 Å². The third-order valence-electron chi connectivity index (χ3n) is 4.06. The van der Waals surface area contributed by atoms with Crippen molar-refractivity contribution in [1.82, 2.24) is 0 Å². The first-order chi connectivity index (χ1) is 9.65. The smallest absolute Gasteiger partial charge is 0.132 e. The number of benzene rings is 2. The summed E-state index contributed by atoms with van der Waals surface area (Å²) in [4.78, 5) is 0. The molecule has 20 heavy (non-hydrogen) atoms. The summed E-state index contributed by atoms with van der Waals surface area (Å²) in [5, 5.41) is 10.3. The van der Waals surface area contributed by atoms with Gasteiger partial charge in [0.1, 0.15) is 17.7 Å². The average Bonchev–Trinajstić information content (AvgIpc) is 2.36. The maximum atomic E-state index is 13.7. The first-order valence-electron chi connectivity index (χ1n) is 6.88. The van der Waals surface area contributed by atoms with Crippen molar-refractivity contribution >= 4 is 0 Å². The number of halogens is 2. The van der Waals surface area contributed by atoms with Gasteiger partial charge in [-0.2, -0.15) is 0 Å². The van der Waals surface area contributed by atoms with Gasteiger partial charge in [0.15, 0.2) is 0 Å². The highest BCUT2D eigenvalue weighted by atomic mass is 19.1. The molecule has 1 unspecified atom stereocenters. The molecule has 1 N–H and O–H groups in total. The van der Waals surface area contributed by atoms with Gasteiger partial charge in [-0.05, 0) is 36.0 Å². The van der Waals surface area contributed by atoms with Gasteiger partial charge in [0.25, 0.3) is 0 Å². The van der Waals surface area contributed by atoms with Crippen LogP contribution in [0, 0.1) is 11.6 Å². The summed E-state index contributed by atoms with van der Waals surface area (Å²) in [5.41, 5.74) is 1.95. The van der Waals surface area contributed by atoms with Crippen LogP contribution in [0.1, 0.15) is 48.0 Å². The molecule has 1 aliphatic carbocycles. The quantitative estimate of drug-likeness (QED) is 0.884. The van der Waals surface area contributed by atoms with Gasteiger partial charge in [-0.15, -0.1) is 0 Å². The van der Waals surface area contributed by atoms with Gasteiger partial charge in [0.05, 0.1) is 0 Å². The second-order valence-electron chi connectivity index (χ2n) is 5.37. The van der Waals surface area contributed by atoms with E-state index in [4.69, 9.17) is 0 Å². The lowest BCUT2D eigenvalue weighted by Gasteiger charge is -2.26. The SMILES string of the molecule is OC(c1cccc(C2CCC2)c1)c1ccc(F)cc1F. The van der Waals surface area contributed by atoms with E-state index in [0.717, 1.165) is 12.1 Å². The molecule has 0 amide bonds. The first kappa shape index (κ1) is 13.3. The molecule has 0 aromatic heterocycles. The molecular formula is C17H16F2O. The number of rotatable bonds is 3. The zero-order valence-corrected chi connectivity index (χ0v) is 11.0. The summed E-state index contributed by atoms with van der Waals surface area (Å²) in [7, 11) is 0. The average molecular weight is 274 g/mol. The zero-order chi connectivity index (χ0) is 14.1. The van der Waals surface area contributed by atoms with Crippen LogP contribution in [0.3, 0.4) is 0 Å². The Morgan fingerprint density at radius 3 is 2.50 bits per heavy atom. The van der Waals surface area contributed by atoms with Crippen molar-refractivity contribution < 1.29 is 13.9 Å². The third-order valence-corrected chi connectivity index (χ3v) is 4.06. The van der Waals surface area contributed by atoms with Gasteiger partial charge >= 0.3 is 0 Å². The Labute approximate surface area is 116 Å². The molecule has 0 bridgehead atoms. The number of aliphatic hydroxyl groups is 1. The zero-order valence-electron chi connectivity index (χ0n) is 11.0. The Kier molecular flexibility index (Phi) is 3.53. The molecule has 0 heterocycles. The minimum Gasteiger partial charge on any atom is -0.384 e. The van der Waals surface area contributed by atoms with Crippen LogP contribution in [0.5, 0.6) is 0 Å². The number of hydrogen-bond donors (Lipinski definition) is 1. The van der Waals surface area contributed by atoms with Gasteiger partial charge in [0.2, 0.25) is 0 Å². The Morgan fingerprint density at radius 1 is 1.05 bits per heavy atom. The molecule has 1 atom stereocenters. The van der Waals surface area contributed by atoms with Gasteiger partial charge in [-0.3, -0.25) is 0 Å². The molecule has 104 valence electrons. The van der Waals surface area contributed by atoms with Crippen molar-refractivity contribution in [2.75, 3.05) is 0 Å². The van der Waals surface area contributed by atoms with Gasteiger partial charge in [0, 0.05) is 11.6 Å². The van der Waals surface area contributed by atoms with Crippen molar-refractivity contribution in [2.45, 2.75) is 31.3 Å². The minimum absolute atomic E-state index is 0.108. The lowest BCUT2D eigenvalue weighted by Crippen LogP contribution is -2.10. The maximum absolute atomic E-state index is 13.7.